The molecule has 1 fully saturated rings. The van der Waals surface area contributed by atoms with Crippen molar-refractivity contribution >= 4 is 34.3 Å². The highest BCUT2D eigenvalue weighted by molar-refractivity contribution is 7.99. The van der Waals surface area contributed by atoms with Crippen LogP contribution < -0.4 is 10.5 Å². The quantitative estimate of drug-likeness (QED) is 0.452. The maximum atomic E-state index is 13.2. The van der Waals surface area contributed by atoms with Crippen LogP contribution in [0.1, 0.15) is 24.8 Å². The lowest BCUT2D eigenvalue weighted by Gasteiger charge is -2.29. The first-order valence-electron chi connectivity index (χ1n) is 10.8. The highest BCUT2D eigenvalue weighted by Crippen LogP contribution is 2.28. The SMILES string of the molecule is O=C(CSc1nc2ccccc2c(=O)n1CC1CCCO1)N1CCCc2ccccc21. The Labute approximate surface area is 185 Å². The number of fused-ring (bicyclic) bond motifs is 2. The van der Waals surface area contributed by atoms with E-state index in [2.05, 4.69) is 6.07 Å². The fraction of sp³-hybridized carbons (Fsp3) is 0.375. The number of para-hydroxylation sites is 2. The Kier molecular flexibility index (Phi) is 5.78. The summed E-state index contributed by atoms with van der Waals surface area (Å²) in [6.45, 7) is 1.93. The molecule has 1 atom stereocenters. The summed E-state index contributed by atoms with van der Waals surface area (Å²) in [5, 5.41) is 1.18. The fourth-order valence-electron chi connectivity index (χ4n) is 4.41. The van der Waals surface area contributed by atoms with E-state index in [1.165, 1.54) is 17.3 Å². The number of hydrogen-bond acceptors (Lipinski definition) is 5. The Balaban J connectivity index is 1.42. The molecular weight excluding hydrogens is 410 g/mol. The summed E-state index contributed by atoms with van der Waals surface area (Å²) in [5.41, 5.74) is 2.81. The molecule has 1 saturated heterocycles. The molecule has 6 nitrogen and oxygen atoms in total. The number of carbonyl (C=O) groups is 1. The average Bonchev–Trinajstić information content (AvgIpc) is 3.32. The molecule has 0 N–H and O–H groups in total. The van der Waals surface area contributed by atoms with Crippen molar-refractivity contribution in [3.05, 3.63) is 64.4 Å². The molecule has 31 heavy (non-hydrogen) atoms. The molecule has 2 aliphatic heterocycles. The third-order valence-corrected chi connectivity index (χ3v) is 6.93. The highest BCUT2D eigenvalue weighted by atomic mass is 32.2. The predicted octanol–water partition coefficient (Wildman–Crippen LogP) is 3.65. The van der Waals surface area contributed by atoms with Crippen molar-refractivity contribution in [3.8, 4) is 0 Å². The van der Waals surface area contributed by atoms with Crippen molar-refractivity contribution < 1.29 is 9.53 Å². The van der Waals surface area contributed by atoms with E-state index in [1.54, 1.807) is 10.6 Å². The Hall–Kier alpha value is -2.64. The second kappa shape index (κ2) is 8.85. The van der Waals surface area contributed by atoms with Gasteiger partial charge in [0.1, 0.15) is 0 Å². The lowest BCUT2D eigenvalue weighted by molar-refractivity contribution is -0.116. The monoisotopic (exact) mass is 435 g/mol. The summed E-state index contributed by atoms with van der Waals surface area (Å²) in [5.74, 6) is 0.285. The minimum absolute atomic E-state index is 0.0182. The molecule has 7 heteroatoms. The van der Waals surface area contributed by atoms with Crippen LogP contribution in [0.2, 0.25) is 0 Å². The maximum absolute atomic E-state index is 13.2. The van der Waals surface area contributed by atoms with Crippen LogP contribution in [0.25, 0.3) is 10.9 Å². The smallest absolute Gasteiger partial charge is 0.262 e. The van der Waals surface area contributed by atoms with Gasteiger partial charge in [-0.3, -0.25) is 14.2 Å². The van der Waals surface area contributed by atoms with Gasteiger partial charge in [-0.15, -0.1) is 0 Å². The molecule has 2 aliphatic rings. The van der Waals surface area contributed by atoms with Crippen molar-refractivity contribution in [1.82, 2.24) is 9.55 Å². The van der Waals surface area contributed by atoms with Gasteiger partial charge >= 0.3 is 0 Å². The number of benzene rings is 2. The van der Waals surface area contributed by atoms with E-state index in [1.807, 2.05) is 41.3 Å². The first-order valence-corrected chi connectivity index (χ1v) is 11.8. The van der Waals surface area contributed by atoms with Crippen molar-refractivity contribution in [3.63, 3.8) is 0 Å². The number of hydrogen-bond donors (Lipinski definition) is 0. The van der Waals surface area contributed by atoms with E-state index in [4.69, 9.17) is 9.72 Å². The molecule has 1 unspecified atom stereocenters. The van der Waals surface area contributed by atoms with Crippen molar-refractivity contribution in [2.75, 3.05) is 23.8 Å². The van der Waals surface area contributed by atoms with Crippen LogP contribution in [0.5, 0.6) is 0 Å². The number of amides is 1. The number of nitrogens with zero attached hydrogens (tertiary/aromatic N) is 3. The summed E-state index contributed by atoms with van der Waals surface area (Å²) in [6, 6.07) is 15.5. The van der Waals surface area contributed by atoms with Crippen molar-refractivity contribution in [2.24, 2.45) is 0 Å². The van der Waals surface area contributed by atoms with Gasteiger partial charge in [-0.1, -0.05) is 42.1 Å². The minimum atomic E-state index is -0.0700. The normalized spacial score (nSPS) is 18.3. The number of aryl methyl sites for hydroxylation is 1. The van der Waals surface area contributed by atoms with Crippen LogP contribution in [0.15, 0.2) is 58.5 Å². The largest absolute Gasteiger partial charge is 0.376 e. The lowest BCUT2D eigenvalue weighted by Crippen LogP contribution is -2.37. The Morgan fingerprint density at radius 2 is 1.97 bits per heavy atom. The van der Waals surface area contributed by atoms with Crippen LogP contribution >= 0.6 is 11.8 Å². The van der Waals surface area contributed by atoms with Gasteiger partial charge in [0.05, 0.1) is 29.3 Å². The molecule has 1 aromatic heterocycles. The number of rotatable bonds is 5. The van der Waals surface area contributed by atoms with Crippen molar-refractivity contribution in [2.45, 2.75) is 43.5 Å². The first kappa shape index (κ1) is 20.3. The van der Waals surface area contributed by atoms with Crippen LogP contribution in [0.3, 0.4) is 0 Å². The number of carbonyl (C=O) groups excluding carboxylic acids is 1. The van der Waals surface area contributed by atoms with E-state index < -0.39 is 0 Å². The molecule has 2 aromatic carbocycles. The van der Waals surface area contributed by atoms with Gasteiger partial charge in [-0.25, -0.2) is 4.98 Å². The van der Waals surface area contributed by atoms with Gasteiger partial charge in [0.2, 0.25) is 5.91 Å². The van der Waals surface area contributed by atoms with E-state index in [-0.39, 0.29) is 23.3 Å². The van der Waals surface area contributed by atoms with Gasteiger partial charge in [0, 0.05) is 18.8 Å². The molecule has 0 saturated carbocycles. The second-order valence-electron chi connectivity index (χ2n) is 8.03. The number of anilines is 1. The Morgan fingerprint density at radius 1 is 1.13 bits per heavy atom. The number of ether oxygens (including phenoxy) is 1. The average molecular weight is 436 g/mol. The molecule has 160 valence electrons. The Morgan fingerprint density at radius 3 is 2.84 bits per heavy atom. The topological polar surface area (TPSA) is 64.4 Å². The molecule has 3 aromatic rings. The minimum Gasteiger partial charge on any atom is -0.376 e. The maximum Gasteiger partial charge on any atom is 0.262 e. The van der Waals surface area contributed by atoms with E-state index >= 15 is 0 Å². The van der Waals surface area contributed by atoms with E-state index in [0.29, 0.717) is 22.6 Å². The zero-order chi connectivity index (χ0) is 21.2. The number of aromatic nitrogens is 2. The lowest BCUT2D eigenvalue weighted by atomic mass is 10.0. The summed E-state index contributed by atoms with van der Waals surface area (Å²) < 4.78 is 7.46. The molecule has 1 amide bonds. The summed E-state index contributed by atoms with van der Waals surface area (Å²) >= 11 is 1.34. The molecule has 5 rings (SSSR count). The molecule has 0 spiro atoms. The van der Waals surface area contributed by atoms with Gasteiger partial charge in [0.15, 0.2) is 5.16 Å². The molecule has 0 bridgehead atoms. The number of thioether (sulfide) groups is 1. The van der Waals surface area contributed by atoms with Gasteiger partial charge in [0.25, 0.3) is 5.56 Å². The standard InChI is InChI=1S/C24H25N3O3S/c28-22(26-13-5-8-17-7-1-4-12-21(17)26)16-31-24-25-20-11-3-2-10-19(20)23(29)27(24)15-18-9-6-14-30-18/h1-4,7,10-12,18H,5-6,8-9,13-16H2. The fourth-order valence-corrected chi connectivity index (χ4v) is 5.29. The van der Waals surface area contributed by atoms with Crippen LogP contribution in [0, 0.1) is 0 Å². The van der Waals surface area contributed by atoms with Crippen LogP contribution in [0.4, 0.5) is 5.69 Å². The third kappa shape index (κ3) is 4.12. The van der Waals surface area contributed by atoms with Crippen LogP contribution in [-0.4, -0.2) is 40.5 Å². The highest BCUT2D eigenvalue weighted by Gasteiger charge is 2.24. The first-order chi connectivity index (χ1) is 15.2. The van der Waals surface area contributed by atoms with Crippen LogP contribution in [-0.2, 0) is 22.5 Å². The summed E-state index contributed by atoms with van der Waals surface area (Å²) in [4.78, 5) is 32.9. The third-order valence-electron chi connectivity index (χ3n) is 5.97. The van der Waals surface area contributed by atoms with E-state index in [9.17, 15) is 9.59 Å². The molecule has 3 heterocycles. The Bertz CT molecular complexity index is 1170. The molecular formula is C24H25N3O3S. The summed E-state index contributed by atoms with van der Waals surface area (Å²) in [7, 11) is 0. The molecule has 0 radical (unpaired) electrons. The predicted molar refractivity (Wildman–Crippen MR) is 123 cm³/mol. The van der Waals surface area contributed by atoms with Gasteiger partial charge in [-0.05, 0) is 49.4 Å². The van der Waals surface area contributed by atoms with Crippen molar-refractivity contribution in [1.29, 1.82) is 0 Å². The van der Waals surface area contributed by atoms with Gasteiger partial charge in [-0.2, -0.15) is 0 Å². The van der Waals surface area contributed by atoms with Gasteiger partial charge < -0.3 is 9.64 Å². The second-order valence-corrected chi connectivity index (χ2v) is 8.97. The summed E-state index contributed by atoms with van der Waals surface area (Å²) in [6.07, 6.45) is 3.93. The zero-order valence-corrected chi connectivity index (χ0v) is 18.1. The zero-order valence-electron chi connectivity index (χ0n) is 17.3. The van der Waals surface area contributed by atoms with E-state index in [0.717, 1.165) is 44.5 Å². The molecule has 0 aliphatic carbocycles.